The molecule has 0 aromatic heterocycles. The van der Waals surface area contributed by atoms with Crippen LogP contribution in [0, 0.1) is 5.92 Å². The zero-order valence-corrected chi connectivity index (χ0v) is 11.0. The number of benzene rings is 1. The fourth-order valence-corrected chi connectivity index (χ4v) is 2.78. The zero-order chi connectivity index (χ0) is 13.1. The van der Waals surface area contributed by atoms with E-state index >= 15 is 0 Å². The predicted octanol–water partition coefficient (Wildman–Crippen LogP) is 3.61. The molecule has 1 aliphatic heterocycles. The molecule has 0 spiro atoms. The van der Waals surface area contributed by atoms with Crippen molar-refractivity contribution in [3.05, 3.63) is 29.8 Å². The molecule has 1 aromatic rings. The van der Waals surface area contributed by atoms with Gasteiger partial charge in [0.25, 0.3) is 5.91 Å². The van der Waals surface area contributed by atoms with Gasteiger partial charge in [-0.2, -0.15) is 0 Å². The van der Waals surface area contributed by atoms with Crippen LogP contribution >= 0.6 is 0 Å². The van der Waals surface area contributed by atoms with E-state index in [1.807, 2.05) is 18.2 Å². The van der Waals surface area contributed by atoms with E-state index in [2.05, 4.69) is 17.5 Å². The Labute approximate surface area is 113 Å². The maximum Gasteiger partial charge on any atom is 0.262 e. The SMILES string of the molecule is O=C1COc2ccc(/C=C/C3CCCCC3)cc2N1. The number of carbonyl (C=O) groups excluding carboxylic acids is 1. The van der Waals surface area contributed by atoms with Crippen molar-refractivity contribution >= 4 is 17.7 Å². The topological polar surface area (TPSA) is 38.3 Å². The molecule has 1 aromatic carbocycles. The number of nitrogens with one attached hydrogen (secondary N) is 1. The minimum atomic E-state index is -0.0825. The van der Waals surface area contributed by atoms with Crippen LogP contribution in [0.2, 0.25) is 0 Å². The molecular formula is C16H19NO2. The molecule has 0 unspecified atom stereocenters. The van der Waals surface area contributed by atoms with E-state index in [0.29, 0.717) is 0 Å². The van der Waals surface area contributed by atoms with Gasteiger partial charge in [0.05, 0.1) is 5.69 Å². The molecule has 0 atom stereocenters. The summed E-state index contributed by atoms with van der Waals surface area (Å²) in [7, 11) is 0. The summed E-state index contributed by atoms with van der Waals surface area (Å²) in [6, 6.07) is 5.94. The number of amides is 1. The van der Waals surface area contributed by atoms with Gasteiger partial charge in [-0.3, -0.25) is 4.79 Å². The summed E-state index contributed by atoms with van der Waals surface area (Å²) in [5.74, 6) is 1.39. The van der Waals surface area contributed by atoms with E-state index in [-0.39, 0.29) is 12.5 Å². The number of anilines is 1. The Kier molecular flexibility index (Phi) is 3.53. The highest BCUT2D eigenvalue weighted by Crippen LogP contribution is 2.30. The van der Waals surface area contributed by atoms with Crippen LogP contribution < -0.4 is 10.1 Å². The minimum Gasteiger partial charge on any atom is -0.482 e. The van der Waals surface area contributed by atoms with Gasteiger partial charge in [-0.05, 0) is 36.5 Å². The van der Waals surface area contributed by atoms with Gasteiger partial charge in [-0.1, -0.05) is 37.5 Å². The van der Waals surface area contributed by atoms with E-state index < -0.39 is 0 Å². The third-order valence-corrected chi connectivity index (χ3v) is 3.85. The summed E-state index contributed by atoms with van der Waals surface area (Å²) in [6.45, 7) is 0.115. The van der Waals surface area contributed by atoms with E-state index in [4.69, 9.17) is 4.74 Å². The lowest BCUT2D eigenvalue weighted by Crippen LogP contribution is -2.25. The molecule has 3 nitrogen and oxygen atoms in total. The average Bonchev–Trinajstić information content (AvgIpc) is 2.46. The van der Waals surface area contributed by atoms with Gasteiger partial charge in [0.15, 0.2) is 6.61 Å². The van der Waals surface area contributed by atoms with E-state index in [1.54, 1.807) is 0 Å². The highest BCUT2D eigenvalue weighted by atomic mass is 16.5. The normalized spacial score (nSPS) is 19.9. The summed E-state index contributed by atoms with van der Waals surface area (Å²) in [4.78, 5) is 11.3. The summed E-state index contributed by atoms with van der Waals surface area (Å²) in [6.07, 6.45) is 11.2. The standard InChI is InChI=1S/C16H19NO2/c18-16-11-19-15-9-8-13(10-14(15)17-16)7-6-12-4-2-1-3-5-12/h6-10,12H,1-5,11H2,(H,17,18)/b7-6+. The lowest BCUT2D eigenvalue weighted by Gasteiger charge is -2.19. The molecule has 100 valence electrons. The Morgan fingerprint density at radius 1 is 1.21 bits per heavy atom. The smallest absolute Gasteiger partial charge is 0.262 e. The largest absolute Gasteiger partial charge is 0.482 e. The lowest BCUT2D eigenvalue weighted by molar-refractivity contribution is -0.118. The van der Waals surface area contributed by atoms with E-state index in [9.17, 15) is 4.79 Å². The first-order valence-corrected chi connectivity index (χ1v) is 7.06. The second-order valence-electron chi connectivity index (χ2n) is 5.35. The molecule has 1 N–H and O–H groups in total. The van der Waals surface area contributed by atoms with Crippen LogP contribution in [0.1, 0.15) is 37.7 Å². The van der Waals surface area contributed by atoms with Crippen molar-refractivity contribution in [1.29, 1.82) is 0 Å². The average molecular weight is 257 g/mol. The molecular weight excluding hydrogens is 238 g/mol. The molecule has 1 amide bonds. The molecule has 1 aliphatic carbocycles. The molecule has 0 bridgehead atoms. The van der Waals surface area contributed by atoms with Crippen molar-refractivity contribution in [1.82, 2.24) is 0 Å². The number of allylic oxidation sites excluding steroid dienone is 1. The van der Waals surface area contributed by atoms with Crippen LogP contribution in [0.4, 0.5) is 5.69 Å². The fourth-order valence-electron chi connectivity index (χ4n) is 2.78. The van der Waals surface area contributed by atoms with Crippen LogP contribution in [0.25, 0.3) is 6.08 Å². The van der Waals surface area contributed by atoms with Crippen LogP contribution in [0.15, 0.2) is 24.3 Å². The fraction of sp³-hybridized carbons (Fsp3) is 0.438. The first-order chi connectivity index (χ1) is 9.31. The van der Waals surface area contributed by atoms with Crippen molar-refractivity contribution in [2.75, 3.05) is 11.9 Å². The third-order valence-electron chi connectivity index (χ3n) is 3.85. The number of fused-ring (bicyclic) bond motifs is 1. The molecule has 19 heavy (non-hydrogen) atoms. The van der Waals surface area contributed by atoms with Crippen molar-refractivity contribution in [3.8, 4) is 5.75 Å². The van der Waals surface area contributed by atoms with Crippen LogP contribution in [-0.2, 0) is 4.79 Å². The zero-order valence-electron chi connectivity index (χ0n) is 11.0. The Hall–Kier alpha value is -1.77. The maximum absolute atomic E-state index is 11.3. The molecule has 0 saturated heterocycles. The number of ether oxygens (including phenoxy) is 1. The minimum absolute atomic E-state index is 0.0825. The monoisotopic (exact) mass is 257 g/mol. The second kappa shape index (κ2) is 5.47. The number of rotatable bonds is 2. The first-order valence-electron chi connectivity index (χ1n) is 7.06. The molecule has 1 saturated carbocycles. The van der Waals surface area contributed by atoms with Gasteiger partial charge >= 0.3 is 0 Å². The molecule has 0 radical (unpaired) electrons. The Bertz CT molecular complexity index is 501. The first kappa shape index (κ1) is 12.3. The van der Waals surface area contributed by atoms with Gasteiger partial charge < -0.3 is 10.1 Å². The van der Waals surface area contributed by atoms with Crippen molar-refractivity contribution in [2.24, 2.45) is 5.92 Å². The summed E-state index contributed by atoms with van der Waals surface area (Å²) in [5.41, 5.74) is 1.90. The lowest BCUT2D eigenvalue weighted by atomic mass is 9.89. The van der Waals surface area contributed by atoms with Crippen LogP contribution in [0.3, 0.4) is 0 Å². The van der Waals surface area contributed by atoms with E-state index in [0.717, 1.165) is 22.9 Å². The third kappa shape index (κ3) is 2.98. The van der Waals surface area contributed by atoms with Crippen molar-refractivity contribution in [3.63, 3.8) is 0 Å². The predicted molar refractivity (Wildman–Crippen MR) is 76.2 cm³/mol. The van der Waals surface area contributed by atoms with Crippen molar-refractivity contribution in [2.45, 2.75) is 32.1 Å². The number of hydrogen-bond donors (Lipinski definition) is 1. The quantitative estimate of drug-likeness (QED) is 0.879. The molecule has 1 fully saturated rings. The van der Waals surface area contributed by atoms with Gasteiger partial charge in [0, 0.05) is 0 Å². The van der Waals surface area contributed by atoms with Crippen molar-refractivity contribution < 1.29 is 9.53 Å². The van der Waals surface area contributed by atoms with Gasteiger partial charge in [-0.25, -0.2) is 0 Å². The second-order valence-corrected chi connectivity index (χ2v) is 5.35. The summed E-state index contributed by atoms with van der Waals surface area (Å²) < 4.78 is 5.35. The molecule has 3 rings (SSSR count). The van der Waals surface area contributed by atoms with E-state index in [1.165, 1.54) is 32.1 Å². The summed E-state index contributed by atoms with van der Waals surface area (Å²) in [5, 5.41) is 2.84. The number of carbonyl (C=O) groups is 1. The van der Waals surface area contributed by atoms with Gasteiger partial charge in [0.1, 0.15) is 5.75 Å². The maximum atomic E-state index is 11.3. The highest BCUT2D eigenvalue weighted by Gasteiger charge is 2.15. The van der Waals surface area contributed by atoms with Crippen LogP contribution in [-0.4, -0.2) is 12.5 Å². The van der Waals surface area contributed by atoms with Gasteiger partial charge in [0.2, 0.25) is 0 Å². The highest BCUT2D eigenvalue weighted by molar-refractivity contribution is 5.95. The Balaban J connectivity index is 1.72. The Morgan fingerprint density at radius 3 is 2.89 bits per heavy atom. The molecule has 2 aliphatic rings. The number of hydrogen-bond acceptors (Lipinski definition) is 2. The van der Waals surface area contributed by atoms with Crippen LogP contribution in [0.5, 0.6) is 5.75 Å². The summed E-state index contributed by atoms with van der Waals surface area (Å²) >= 11 is 0. The molecule has 3 heteroatoms. The van der Waals surface area contributed by atoms with Gasteiger partial charge in [-0.15, -0.1) is 0 Å². The Morgan fingerprint density at radius 2 is 2.05 bits per heavy atom. The molecule has 1 heterocycles.